The summed E-state index contributed by atoms with van der Waals surface area (Å²) in [5.41, 5.74) is 0.366. The molecule has 0 aliphatic carbocycles. The predicted molar refractivity (Wildman–Crippen MR) is 102 cm³/mol. The third-order valence-electron chi connectivity index (χ3n) is 5.68. The van der Waals surface area contributed by atoms with Crippen molar-refractivity contribution in [2.75, 3.05) is 19.7 Å². The number of carboxylic acids is 1. The molecule has 9 nitrogen and oxygen atoms in total. The van der Waals surface area contributed by atoms with Crippen LogP contribution in [-0.4, -0.2) is 70.6 Å². The number of ether oxygens (including phenoxy) is 2. The number of carbonyl (C=O) groups excluding carboxylic acids is 1. The monoisotopic (exact) mass is 406 g/mol. The SMILES string of the molecule is O=C(O)c1c(OC2CN(C(=O)CC3CCCCO3)C2)ccc2c1O[B-](O)(O)CC2. The van der Waals surface area contributed by atoms with Crippen LogP contribution in [0.4, 0.5) is 0 Å². The first-order chi connectivity index (χ1) is 13.8. The summed E-state index contributed by atoms with van der Waals surface area (Å²) in [5.74, 6) is -1.23. The van der Waals surface area contributed by atoms with E-state index in [9.17, 15) is 24.7 Å². The minimum Gasteiger partial charge on any atom is -0.669 e. The molecule has 0 aromatic heterocycles. The van der Waals surface area contributed by atoms with Crippen molar-refractivity contribution in [3.63, 3.8) is 0 Å². The molecule has 3 N–H and O–H groups in total. The number of hydrogen-bond donors (Lipinski definition) is 3. The molecule has 10 heteroatoms. The van der Waals surface area contributed by atoms with Gasteiger partial charge in [0.15, 0.2) is 0 Å². The van der Waals surface area contributed by atoms with Crippen LogP contribution < -0.4 is 9.39 Å². The van der Waals surface area contributed by atoms with Crippen molar-refractivity contribution >= 4 is 18.6 Å². The second kappa shape index (κ2) is 7.85. The quantitative estimate of drug-likeness (QED) is 0.613. The van der Waals surface area contributed by atoms with Gasteiger partial charge in [-0.1, -0.05) is 12.4 Å². The van der Waals surface area contributed by atoms with Crippen LogP contribution >= 0.6 is 0 Å². The number of fused-ring (bicyclic) bond motifs is 1. The van der Waals surface area contributed by atoms with Crippen LogP contribution in [0.5, 0.6) is 11.5 Å². The van der Waals surface area contributed by atoms with Gasteiger partial charge in [-0.2, -0.15) is 0 Å². The summed E-state index contributed by atoms with van der Waals surface area (Å²) in [6.45, 7) is -1.64. The van der Waals surface area contributed by atoms with Crippen molar-refractivity contribution in [2.24, 2.45) is 0 Å². The Morgan fingerprint density at radius 1 is 1.24 bits per heavy atom. The molecule has 1 aromatic carbocycles. The average molecular weight is 406 g/mol. The van der Waals surface area contributed by atoms with E-state index in [0.717, 1.165) is 19.3 Å². The summed E-state index contributed by atoms with van der Waals surface area (Å²) in [5, 5.41) is 29.2. The number of benzene rings is 1. The zero-order valence-corrected chi connectivity index (χ0v) is 16.1. The zero-order chi connectivity index (χ0) is 20.6. The van der Waals surface area contributed by atoms with Gasteiger partial charge in [-0.3, -0.25) is 4.79 Å². The normalized spacial score (nSPS) is 23.5. The van der Waals surface area contributed by atoms with Crippen molar-refractivity contribution in [3.8, 4) is 11.5 Å². The van der Waals surface area contributed by atoms with Crippen LogP contribution in [0.25, 0.3) is 0 Å². The maximum atomic E-state index is 12.4. The summed E-state index contributed by atoms with van der Waals surface area (Å²) in [6, 6.07) is 3.23. The molecule has 0 radical (unpaired) electrons. The summed E-state index contributed by atoms with van der Waals surface area (Å²) in [4.78, 5) is 25.8. The van der Waals surface area contributed by atoms with Crippen molar-refractivity contribution in [2.45, 2.75) is 50.6 Å². The fourth-order valence-electron chi connectivity index (χ4n) is 4.02. The first-order valence-corrected chi connectivity index (χ1v) is 10.1. The first-order valence-electron chi connectivity index (χ1n) is 10.1. The molecular weight excluding hydrogens is 381 g/mol. The molecule has 3 aliphatic heterocycles. The van der Waals surface area contributed by atoms with E-state index in [1.165, 1.54) is 0 Å². The van der Waals surface area contributed by atoms with Crippen LogP contribution in [-0.2, 0) is 16.0 Å². The van der Waals surface area contributed by atoms with E-state index in [1.54, 1.807) is 17.0 Å². The molecule has 3 heterocycles. The number of aromatic carboxylic acids is 1. The van der Waals surface area contributed by atoms with Gasteiger partial charge >= 0.3 is 12.7 Å². The largest absolute Gasteiger partial charge is 0.669 e. The van der Waals surface area contributed by atoms with Gasteiger partial charge in [0.05, 0.1) is 31.4 Å². The van der Waals surface area contributed by atoms with Crippen LogP contribution in [0.1, 0.15) is 41.6 Å². The number of likely N-dealkylation sites (tertiary alicyclic amines) is 1. The minimum atomic E-state index is -3.08. The predicted octanol–water partition coefficient (Wildman–Crippen LogP) is 0.792. The zero-order valence-electron chi connectivity index (χ0n) is 16.1. The Balaban J connectivity index is 1.39. The molecule has 0 saturated carbocycles. The second-order valence-corrected chi connectivity index (χ2v) is 7.98. The number of carboxylic acid groups (broad SMARTS) is 1. The highest BCUT2D eigenvalue weighted by Gasteiger charge is 2.36. The van der Waals surface area contributed by atoms with E-state index in [2.05, 4.69) is 0 Å². The molecule has 2 fully saturated rings. The highest BCUT2D eigenvalue weighted by Crippen LogP contribution is 2.39. The number of aryl methyl sites for hydroxylation is 1. The number of rotatable bonds is 5. The lowest BCUT2D eigenvalue weighted by Gasteiger charge is -2.41. The summed E-state index contributed by atoms with van der Waals surface area (Å²) >= 11 is 0. The Hall–Kier alpha value is -2.30. The lowest BCUT2D eigenvalue weighted by Crippen LogP contribution is -2.56. The molecule has 0 spiro atoms. The maximum absolute atomic E-state index is 12.4. The van der Waals surface area contributed by atoms with Crippen LogP contribution in [0.2, 0.25) is 6.32 Å². The van der Waals surface area contributed by atoms with Gasteiger partial charge in [0.25, 0.3) is 0 Å². The number of carbonyl (C=O) groups is 2. The standard InChI is InChI=1S/C19H25BNO8/c22-16(9-13-3-1-2-8-27-13)21-10-14(11-21)28-15-5-4-12-6-7-20(25,26)29-18(12)17(15)19(23)24/h4-5,13-14,25-26H,1-3,6-11H2,(H,23,24)/q-1. The van der Waals surface area contributed by atoms with Crippen molar-refractivity contribution in [1.82, 2.24) is 4.90 Å². The Kier molecular flexibility index (Phi) is 5.41. The van der Waals surface area contributed by atoms with E-state index < -0.39 is 12.7 Å². The molecule has 1 aromatic rings. The van der Waals surface area contributed by atoms with Crippen molar-refractivity contribution in [1.29, 1.82) is 0 Å². The van der Waals surface area contributed by atoms with Gasteiger partial charge in [-0.05, 0) is 37.3 Å². The Labute approximate surface area is 168 Å². The summed E-state index contributed by atoms with van der Waals surface area (Å²) in [6.07, 6.45) is 3.33. The number of nitrogens with zero attached hydrogens (tertiary/aromatic N) is 1. The summed E-state index contributed by atoms with van der Waals surface area (Å²) < 4.78 is 16.6. The lowest BCUT2D eigenvalue weighted by molar-refractivity contribution is -0.143. The highest BCUT2D eigenvalue weighted by molar-refractivity contribution is 6.59. The van der Waals surface area contributed by atoms with Crippen LogP contribution in [0, 0.1) is 0 Å². The molecule has 3 aliphatic rings. The fraction of sp³-hybridized carbons (Fsp3) is 0.579. The molecule has 4 rings (SSSR count). The van der Waals surface area contributed by atoms with Gasteiger partial charge in [-0.25, -0.2) is 4.79 Å². The van der Waals surface area contributed by atoms with Crippen LogP contribution in [0.3, 0.4) is 0 Å². The van der Waals surface area contributed by atoms with E-state index >= 15 is 0 Å². The minimum absolute atomic E-state index is 0.0106. The smallest absolute Gasteiger partial charge is 0.430 e. The Morgan fingerprint density at radius 3 is 2.72 bits per heavy atom. The Morgan fingerprint density at radius 2 is 2.03 bits per heavy atom. The third kappa shape index (κ3) is 4.34. The molecule has 29 heavy (non-hydrogen) atoms. The van der Waals surface area contributed by atoms with Crippen molar-refractivity contribution in [3.05, 3.63) is 23.3 Å². The molecule has 0 bridgehead atoms. The number of amides is 1. The summed E-state index contributed by atoms with van der Waals surface area (Å²) in [7, 11) is 0. The second-order valence-electron chi connectivity index (χ2n) is 7.98. The highest BCUT2D eigenvalue weighted by atomic mass is 16.6. The van der Waals surface area contributed by atoms with Gasteiger partial charge in [0.2, 0.25) is 5.91 Å². The van der Waals surface area contributed by atoms with Crippen molar-refractivity contribution < 1.29 is 38.9 Å². The molecule has 1 unspecified atom stereocenters. The van der Waals surface area contributed by atoms with E-state index in [1.807, 2.05) is 0 Å². The Bertz CT molecular complexity index is 802. The number of hydrogen-bond acceptors (Lipinski definition) is 7. The first kappa shape index (κ1) is 20.0. The third-order valence-corrected chi connectivity index (χ3v) is 5.68. The van der Waals surface area contributed by atoms with Gasteiger partial charge in [0, 0.05) is 6.61 Å². The maximum Gasteiger partial charge on any atom is 0.430 e. The molecule has 158 valence electrons. The van der Waals surface area contributed by atoms with E-state index in [0.29, 0.717) is 38.1 Å². The van der Waals surface area contributed by atoms with E-state index in [-0.39, 0.29) is 41.5 Å². The van der Waals surface area contributed by atoms with Crippen LogP contribution in [0.15, 0.2) is 12.1 Å². The van der Waals surface area contributed by atoms with E-state index in [4.69, 9.17) is 14.1 Å². The molecular formula is C19H25BNO8-. The molecule has 1 atom stereocenters. The average Bonchev–Trinajstić information content (AvgIpc) is 2.63. The van der Waals surface area contributed by atoms with Gasteiger partial charge < -0.3 is 34.2 Å². The van der Waals surface area contributed by atoms with Gasteiger partial charge in [-0.15, -0.1) is 0 Å². The molecule has 1 amide bonds. The molecule has 2 saturated heterocycles. The lowest BCUT2D eigenvalue weighted by atomic mass is 9.70. The topological polar surface area (TPSA) is 126 Å². The fourth-order valence-corrected chi connectivity index (χ4v) is 4.02. The van der Waals surface area contributed by atoms with Gasteiger partial charge in [0.1, 0.15) is 17.4 Å².